The van der Waals surface area contributed by atoms with Crippen molar-refractivity contribution in [1.82, 2.24) is 5.32 Å². The van der Waals surface area contributed by atoms with Gasteiger partial charge in [-0.1, -0.05) is 43.7 Å². The molecule has 1 aliphatic carbocycles. The van der Waals surface area contributed by atoms with Crippen LogP contribution in [0.15, 0.2) is 42.5 Å². The van der Waals surface area contributed by atoms with Crippen LogP contribution in [0.5, 0.6) is 0 Å². The van der Waals surface area contributed by atoms with E-state index in [0.29, 0.717) is 5.69 Å². The third kappa shape index (κ3) is 5.22. The minimum absolute atomic E-state index is 0.207. The molecule has 0 fully saturated rings. The third-order valence-electron chi connectivity index (χ3n) is 5.46. The van der Waals surface area contributed by atoms with Crippen molar-refractivity contribution in [3.05, 3.63) is 64.7 Å². The van der Waals surface area contributed by atoms with Gasteiger partial charge in [0.1, 0.15) is 0 Å². The molecule has 28 heavy (non-hydrogen) atoms. The Morgan fingerprint density at radius 3 is 2.39 bits per heavy atom. The zero-order chi connectivity index (χ0) is 19.9. The molecule has 0 heterocycles. The molecule has 1 atom stereocenters. The van der Waals surface area contributed by atoms with Crippen molar-refractivity contribution in [3.8, 4) is 0 Å². The van der Waals surface area contributed by atoms with Gasteiger partial charge in [-0.3, -0.25) is 9.59 Å². The number of fused-ring (bicyclic) bond motifs is 1. The maximum atomic E-state index is 12.3. The molecule has 4 heteroatoms. The minimum Gasteiger partial charge on any atom is -0.341 e. The number of rotatable bonds is 6. The maximum absolute atomic E-state index is 12.3. The Labute approximate surface area is 167 Å². The number of amides is 2. The van der Waals surface area contributed by atoms with Gasteiger partial charge in [0.2, 0.25) is 0 Å². The Hall–Kier alpha value is -2.62. The van der Waals surface area contributed by atoms with E-state index in [0.717, 1.165) is 37.7 Å². The van der Waals surface area contributed by atoms with Crippen molar-refractivity contribution < 1.29 is 9.59 Å². The summed E-state index contributed by atoms with van der Waals surface area (Å²) in [6.07, 6.45) is 8.03. The Kier molecular flexibility index (Phi) is 6.85. The van der Waals surface area contributed by atoms with Gasteiger partial charge < -0.3 is 10.6 Å². The Bertz CT molecular complexity index is 827. The van der Waals surface area contributed by atoms with Crippen molar-refractivity contribution in [2.24, 2.45) is 0 Å². The molecular formula is C24H30N2O2. The second kappa shape index (κ2) is 9.54. The van der Waals surface area contributed by atoms with Crippen molar-refractivity contribution in [3.63, 3.8) is 0 Å². The molecular weight excluding hydrogens is 348 g/mol. The molecule has 1 unspecified atom stereocenters. The average Bonchev–Trinajstić information content (AvgIpc) is 2.72. The monoisotopic (exact) mass is 378 g/mol. The SMILES string of the molecule is CCCCc1ccc(NC(=O)C(=O)NC(C)c2ccc3c(c2)CCCC3)cc1. The van der Waals surface area contributed by atoms with E-state index in [9.17, 15) is 9.59 Å². The summed E-state index contributed by atoms with van der Waals surface area (Å²) in [5.74, 6) is -1.24. The fourth-order valence-electron chi connectivity index (χ4n) is 3.69. The highest BCUT2D eigenvalue weighted by Crippen LogP contribution is 2.24. The first-order valence-corrected chi connectivity index (χ1v) is 10.4. The lowest BCUT2D eigenvalue weighted by atomic mass is 9.89. The zero-order valence-corrected chi connectivity index (χ0v) is 16.9. The number of hydrogen-bond acceptors (Lipinski definition) is 2. The molecule has 2 N–H and O–H groups in total. The number of aryl methyl sites for hydroxylation is 3. The number of anilines is 1. The van der Waals surface area contributed by atoms with E-state index < -0.39 is 11.8 Å². The van der Waals surface area contributed by atoms with E-state index in [1.807, 2.05) is 31.2 Å². The highest BCUT2D eigenvalue weighted by molar-refractivity contribution is 6.39. The number of carbonyl (C=O) groups is 2. The Morgan fingerprint density at radius 2 is 1.68 bits per heavy atom. The van der Waals surface area contributed by atoms with Crippen LogP contribution in [0.25, 0.3) is 0 Å². The van der Waals surface area contributed by atoms with Crippen molar-refractivity contribution >= 4 is 17.5 Å². The second-order valence-electron chi connectivity index (χ2n) is 7.69. The van der Waals surface area contributed by atoms with Crippen molar-refractivity contribution in [2.45, 2.75) is 64.8 Å². The van der Waals surface area contributed by atoms with Crippen LogP contribution >= 0.6 is 0 Å². The summed E-state index contributed by atoms with van der Waals surface area (Å²) in [4.78, 5) is 24.6. The summed E-state index contributed by atoms with van der Waals surface area (Å²) in [6.45, 7) is 4.08. The molecule has 0 saturated heterocycles. The smallest absolute Gasteiger partial charge is 0.313 e. The molecule has 2 aromatic rings. The first-order chi connectivity index (χ1) is 13.6. The van der Waals surface area contributed by atoms with E-state index in [-0.39, 0.29) is 6.04 Å². The molecule has 0 spiro atoms. The van der Waals surface area contributed by atoms with Gasteiger partial charge in [-0.05, 0) is 79.8 Å². The molecule has 0 saturated carbocycles. The van der Waals surface area contributed by atoms with Gasteiger partial charge in [-0.2, -0.15) is 0 Å². The van der Waals surface area contributed by atoms with Crippen LogP contribution in [0.4, 0.5) is 5.69 Å². The summed E-state index contributed by atoms with van der Waals surface area (Å²) in [5, 5.41) is 5.49. The third-order valence-corrected chi connectivity index (χ3v) is 5.46. The highest BCUT2D eigenvalue weighted by atomic mass is 16.2. The van der Waals surface area contributed by atoms with Crippen LogP contribution in [0.3, 0.4) is 0 Å². The summed E-state index contributed by atoms with van der Waals surface area (Å²) < 4.78 is 0. The molecule has 2 amide bonds. The summed E-state index contributed by atoms with van der Waals surface area (Å²) in [6, 6.07) is 13.9. The summed E-state index contributed by atoms with van der Waals surface area (Å²) >= 11 is 0. The molecule has 1 aliphatic rings. The van der Waals surface area contributed by atoms with E-state index in [1.54, 1.807) is 0 Å². The van der Waals surface area contributed by atoms with Crippen molar-refractivity contribution in [1.29, 1.82) is 0 Å². The van der Waals surface area contributed by atoms with Gasteiger partial charge in [-0.15, -0.1) is 0 Å². The lowest BCUT2D eigenvalue weighted by Gasteiger charge is -2.20. The van der Waals surface area contributed by atoms with Crippen LogP contribution in [0.1, 0.15) is 67.8 Å². The number of nitrogens with one attached hydrogen (secondary N) is 2. The summed E-state index contributed by atoms with van der Waals surface area (Å²) in [7, 11) is 0. The normalized spacial score (nSPS) is 14.1. The van der Waals surface area contributed by atoms with Gasteiger partial charge in [0.15, 0.2) is 0 Å². The van der Waals surface area contributed by atoms with Gasteiger partial charge in [0.25, 0.3) is 0 Å². The molecule has 3 rings (SSSR count). The standard InChI is InChI=1S/C24H30N2O2/c1-3-4-7-18-10-14-22(15-11-18)26-24(28)23(27)25-17(2)20-13-12-19-8-5-6-9-21(19)16-20/h10-17H,3-9H2,1-2H3,(H,25,27)(H,26,28). The second-order valence-corrected chi connectivity index (χ2v) is 7.69. The highest BCUT2D eigenvalue weighted by Gasteiger charge is 2.18. The molecule has 0 radical (unpaired) electrons. The Balaban J connectivity index is 1.55. The van der Waals surface area contributed by atoms with E-state index in [4.69, 9.17) is 0 Å². The first-order valence-electron chi connectivity index (χ1n) is 10.4. The average molecular weight is 379 g/mol. The topological polar surface area (TPSA) is 58.2 Å². The predicted octanol–water partition coefficient (Wildman–Crippen LogP) is 4.72. The van der Waals surface area contributed by atoms with E-state index in [2.05, 4.69) is 35.8 Å². The van der Waals surface area contributed by atoms with Crippen LogP contribution in [-0.2, 0) is 28.9 Å². The number of benzene rings is 2. The lowest BCUT2D eigenvalue weighted by molar-refractivity contribution is -0.136. The summed E-state index contributed by atoms with van der Waals surface area (Å²) in [5.41, 5.74) is 5.71. The number of carbonyl (C=O) groups excluding carboxylic acids is 2. The molecule has 4 nitrogen and oxygen atoms in total. The van der Waals surface area contributed by atoms with Gasteiger partial charge >= 0.3 is 11.8 Å². The quantitative estimate of drug-likeness (QED) is 0.714. The Morgan fingerprint density at radius 1 is 0.964 bits per heavy atom. The zero-order valence-electron chi connectivity index (χ0n) is 16.9. The fraction of sp³-hybridized carbons (Fsp3) is 0.417. The van der Waals surface area contributed by atoms with E-state index in [1.165, 1.54) is 29.5 Å². The van der Waals surface area contributed by atoms with Gasteiger partial charge in [0.05, 0.1) is 6.04 Å². The van der Waals surface area contributed by atoms with Gasteiger partial charge in [-0.25, -0.2) is 0 Å². The first kappa shape index (κ1) is 20.1. The predicted molar refractivity (Wildman–Crippen MR) is 113 cm³/mol. The molecule has 2 aromatic carbocycles. The van der Waals surface area contributed by atoms with Crippen molar-refractivity contribution in [2.75, 3.05) is 5.32 Å². The lowest BCUT2D eigenvalue weighted by Crippen LogP contribution is -2.37. The van der Waals surface area contributed by atoms with Crippen LogP contribution in [0.2, 0.25) is 0 Å². The largest absolute Gasteiger partial charge is 0.341 e. The van der Waals surface area contributed by atoms with Crippen LogP contribution < -0.4 is 10.6 Å². The van der Waals surface area contributed by atoms with Crippen LogP contribution in [0, 0.1) is 0 Å². The van der Waals surface area contributed by atoms with Crippen LogP contribution in [-0.4, -0.2) is 11.8 Å². The molecule has 0 aromatic heterocycles. The molecule has 0 bridgehead atoms. The number of hydrogen-bond donors (Lipinski definition) is 2. The molecule has 148 valence electrons. The minimum atomic E-state index is -0.633. The maximum Gasteiger partial charge on any atom is 0.313 e. The molecule has 0 aliphatic heterocycles. The fourth-order valence-corrected chi connectivity index (χ4v) is 3.69. The van der Waals surface area contributed by atoms with Gasteiger partial charge in [0, 0.05) is 5.69 Å². The number of unbranched alkanes of at least 4 members (excludes halogenated alkanes) is 1. The van der Waals surface area contributed by atoms with E-state index >= 15 is 0 Å².